The molecule has 0 radical (unpaired) electrons. The van der Waals surface area contributed by atoms with Crippen molar-refractivity contribution in [2.75, 3.05) is 13.1 Å². The van der Waals surface area contributed by atoms with Crippen LogP contribution in [0.3, 0.4) is 0 Å². The average molecular weight is 346 g/mol. The molecule has 0 aliphatic carbocycles. The molecule has 0 bridgehead atoms. The lowest BCUT2D eigenvalue weighted by atomic mass is 9.92. The Kier molecular flexibility index (Phi) is 4.87. The van der Waals surface area contributed by atoms with Crippen LogP contribution in [0.4, 0.5) is 0 Å². The number of rotatable bonds is 2. The molecule has 0 aromatic heterocycles. The molecule has 1 saturated heterocycles. The molecule has 5 heteroatoms. The minimum absolute atomic E-state index is 0.0414. The largest absolute Gasteiger partial charge is 0.334 e. The van der Waals surface area contributed by atoms with Gasteiger partial charge in [-0.1, -0.05) is 18.5 Å². The maximum Gasteiger partial charge on any atom is 0.254 e. The molecule has 1 fully saturated rings. The molecule has 1 aromatic rings. The number of amides is 1. The predicted octanol–water partition coefficient (Wildman–Crippen LogP) is 3.30. The number of hydrogen-bond donors (Lipinski definition) is 1. The van der Waals surface area contributed by atoms with Crippen molar-refractivity contribution in [1.82, 2.24) is 4.90 Å². The van der Waals surface area contributed by atoms with Gasteiger partial charge in [-0.3, -0.25) is 4.79 Å². The second-order valence-corrected chi connectivity index (χ2v) is 6.41. The first-order valence-electron chi connectivity index (χ1n) is 6.49. The van der Waals surface area contributed by atoms with Crippen molar-refractivity contribution in [2.45, 2.75) is 25.8 Å². The highest BCUT2D eigenvalue weighted by atomic mass is 79.9. The molecule has 2 unspecified atom stereocenters. The van der Waals surface area contributed by atoms with E-state index in [4.69, 9.17) is 17.3 Å². The number of hydrogen-bond acceptors (Lipinski definition) is 2. The Balaban J connectivity index is 2.20. The standard InChI is InChI=1S/C14H18BrClN2O/c1-9-4-5-18(11(6-9)8-17)14(19)10-2-3-13(16)12(15)7-10/h2-3,7,9,11H,4-6,8,17H2,1H3. The van der Waals surface area contributed by atoms with Gasteiger partial charge in [-0.15, -0.1) is 0 Å². The Labute approximate surface area is 127 Å². The lowest BCUT2D eigenvalue weighted by Gasteiger charge is -2.38. The molecule has 2 atom stereocenters. The third-order valence-corrected chi connectivity index (χ3v) is 4.89. The van der Waals surface area contributed by atoms with Crippen molar-refractivity contribution in [3.05, 3.63) is 33.3 Å². The molecule has 1 aliphatic rings. The molecule has 1 aliphatic heterocycles. The maximum atomic E-state index is 12.5. The topological polar surface area (TPSA) is 46.3 Å². The summed E-state index contributed by atoms with van der Waals surface area (Å²) in [5.41, 5.74) is 6.46. The van der Waals surface area contributed by atoms with Gasteiger partial charge in [0.25, 0.3) is 5.91 Å². The molecule has 3 nitrogen and oxygen atoms in total. The molecule has 104 valence electrons. The number of halogens is 2. The third-order valence-electron chi connectivity index (χ3n) is 3.68. The van der Waals surface area contributed by atoms with Gasteiger partial charge in [-0.2, -0.15) is 0 Å². The molecule has 0 spiro atoms. The van der Waals surface area contributed by atoms with Crippen LogP contribution in [0, 0.1) is 5.92 Å². The molecular formula is C14H18BrClN2O. The van der Waals surface area contributed by atoms with E-state index in [1.807, 2.05) is 4.90 Å². The summed E-state index contributed by atoms with van der Waals surface area (Å²) < 4.78 is 0.745. The fourth-order valence-corrected chi connectivity index (χ4v) is 3.03. The molecular weight excluding hydrogens is 328 g/mol. The zero-order valence-corrected chi connectivity index (χ0v) is 13.2. The van der Waals surface area contributed by atoms with Gasteiger partial charge in [-0.05, 0) is 52.9 Å². The van der Waals surface area contributed by atoms with Crippen molar-refractivity contribution < 1.29 is 4.79 Å². The van der Waals surface area contributed by atoms with Crippen LogP contribution < -0.4 is 5.73 Å². The van der Waals surface area contributed by atoms with Crippen LogP contribution in [-0.4, -0.2) is 29.9 Å². The van der Waals surface area contributed by atoms with E-state index in [9.17, 15) is 4.79 Å². The second kappa shape index (κ2) is 6.25. The van der Waals surface area contributed by atoms with Crippen LogP contribution in [0.1, 0.15) is 30.1 Å². The van der Waals surface area contributed by atoms with Crippen molar-refractivity contribution in [3.8, 4) is 0 Å². The molecule has 2 rings (SSSR count). The highest BCUT2D eigenvalue weighted by Gasteiger charge is 2.29. The Bertz CT molecular complexity index is 481. The number of piperidine rings is 1. The minimum atomic E-state index is 0.0414. The summed E-state index contributed by atoms with van der Waals surface area (Å²) in [7, 11) is 0. The summed E-state index contributed by atoms with van der Waals surface area (Å²) >= 11 is 9.31. The van der Waals surface area contributed by atoms with Crippen LogP contribution in [0.25, 0.3) is 0 Å². The van der Waals surface area contributed by atoms with Gasteiger partial charge in [0.1, 0.15) is 0 Å². The first kappa shape index (κ1) is 14.8. The summed E-state index contributed by atoms with van der Waals surface area (Å²) in [6.07, 6.45) is 2.02. The summed E-state index contributed by atoms with van der Waals surface area (Å²) in [6.45, 7) is 3.51. The number of carbonyl (C=O) groups is 1. The first-order chi connectivity index (χ1) is 9.02. The molecule has 1 amide bonds. The molecule has 0 saturated carbocycles. The van der Waals surface area contributed by atoms with E-state index in [1.54, 1.807) is 18.2 Å². The summed E-state index contributed by atoms with van der Waals surface area (Å²) in [6, 6.07) is 5.42. The van der Waals surface area contributed by atoms with E-state index < -0.39 is 0 Å². The van der Waals surface area contributed by atoms with Crippen molar-refractivity contribution in [3.63, 3.8) is 0 Å². The normalized spacial score (nSPS) is 23.5. The van der Waals surface area contributed by atoms with Crippen LogP contribution in [0.15, 0.2) is 22.7 Å². The van der Waals surface area contributed by atoms with Gasteiger partial charge < -0.3 is 10.6 Å². The number of nitrogens with two attached hydrogens (primary N) is 1. The van der Waals surface area contributed by atoms with E-state index in [0.29, 0.717) is 23.0 Å². The SMILES string of the molecule is CC1CCN(C(=O)c2ccc(Cl)c(Br)c2)C(CN)C1. The maximum absolute atomic E-state index is 12.5. The zero-order valence-electron chi connectivity index (χ0n) is 10.9. The smallest absolute Gasteiger partial charge is 0.254 e. The fraction of sp³-hybridized carbons (Fsp3) is 0.500. The predicted molar refractivity (Wildman–Crippen MR) is 81.4 cm³/mol. The molecule has 19 heavy (non-hydrogen) atoms. The third kappa shape index (κ3) is 3.30. The summed E-state index contributed by atoms with van der Waals surface area (Å²) in [4.78, 5) is 14.4. The monoisotopic (exact) mass is 344 g/mol. The highest BCUT2D eigenvalue weighted by Crippen LogP contribution is 2.27. The molecule has 1 aromatic carbocycles. The molecule has 2 N–H and O–H groups in total. The van der Waals surface area contributed by atoms with Crippen molar-refractivity contribution >= 4 is 33.4 Å². The lowest BCUT2D eigenvalue weighted by Crippen LogP contribution is -2.49. The number of benzene rings is 1. The number of nitrogens with zero attached hydrogens (tertiary/aromatic N) is 1. The van der Waals surface area contributed by atoms with Crippen LogP contribution in [0.5, 0.6) is 0 Å². The highest BCUT2D eigenvalue weighted by molar-refractivity contribution is 9.10. The summed E-state index contributed by atoms with van der Waals surface area (Å²) in [5.74, 6) is 0.675. The number of carbonyl (C=O) groups excluding carboxylic acids is 1. The van der Waals surface area contributed by atoms with E-state index in [1.165, 1.54) is 0 Å². The fourth-order valence-electron chi connectivity index (χ4n) is 2.54. The van der Waals surface area contributed by atoms with Gasteiger partial charge in [0.15, 0.2) is 0 Å². The van der Waals surface area contributed by atoms with E-state index in [0.717, 1.165) is 23.9 Å². The van der Waals surface area contributed by atoms with Gasteiger partial charge in [0, 0.05) is 29.2 Å². The van der Waals surface area contributed by atoms with Crippen molar-refractivity contribution in [2.24, 2.45) is 11.7 Å². The van der Waals surface area contributed by atoms with Gasteiger partial charge >= 0.3 is 0 Å². The quantitative estimate of drug-likeness (QED) is 0.894. The second-order valence-electron chi connectivity index (χ2n) is 5.15. The number of likely N-dealkylation sites (tertiary alicyclic amines) is 1. The first-order valence-corrected chi connectivity index (χ1v) is 7.66. The lowest BCUT2D eigenvalue weighted by molar-refractivity contribution is 0.0573. The Morgan fingerprint density at radius 1 is 1.58 bits per heavy atom. The van der Waals surface area contributed by atoms with Gasteiger partial charge in [0.05, 0.1) is 5.02 Å². The Hall–Kier alpha value is -0.580. The van der Waals surface area contributed by atoms with Crippen molar-refractivity contribution in [1.29, 1.82) is 0 Å². The summed E-state index contributed by atoms with van der Waals surface area (Å²) in [5, 5.41) is 0.610. The van der Waals surface area contributed by atoms with Crippen LogP contribution in [-0.2, 0) is 0 Å². The van der Waals surface area contributed by atoms with Gasteiger partial charge in [-0.25, -0.2) is 0 Å². The Morgan fingerprint density at radius 2 is 2.32 bits per heavy atom. The van der Waals surface area contributed by atoms with E-state index >= 15 is 0 Å². The Morgan fingerprint density at radius 3 is 2.95 bits per heavy atom. The minimum Gasteiger partial charge on any atom is -0.334 e. The zero-order chi connectivity index (χ0) is 14.0. The van der Waals surface area contributed by atoms with Crippen LogP contribution >= 0.6 is 27.5 Å². The van der Waals surface area contributed by atoms with E-state index in [2.05, 4.69) is 22.9 Å². The average Bonchev–Trinajstić information content (AvgIpc) is 2.41. The van der Waals surface area contributed by atoms with E-state index in [-0.39, 0.29) is 11.9 Å². The molecule has 1 heterocycles. The van der Waals surface area contributed by atoms with Crippen LogP contribution in [0.2, 0.25) is 5.02 Å². The van der Waals surface area contributed by atoms with Gasteiger partial charge in [0.2, 0.25) is 0 Å².